The van der Waals surface area contributed by atoms with E-state index in [-0.39, 0.29) is 229 Å². The van der Waals surface area contributed by atoms with Crippen molar-refractivity contribution in [2.24, 2.45) is 11.8 Å². The molecule has 2 saturated carbocycles. The predicted molar refractivity (Wildman–Crippen MR) is 234 cm³/mol. The number of imide groups is 2. The number of hydrogen-bond acceptors (Lipinski definition) is 16. The normalized spacial score (nSPS) is 19.8. The number of carbonyl (C=O) groups excluding carboxylic acids is 5. The number of aromatic nitrogens is 2. The molecular formula is C44H54Cs2F6N6O14S. The standard InChI is InChI=1S/C21H24F3N3O4.C18H22F3NO5S.C4H6N2O2.CH2O3.2Cs.H/c1-2-4-13-16(8-7-14-18(13)31-26-19(14)21(22,23)24)30-15-6-3-5-12(15)11-27-17(28)9-10-25-20(27)29;1-3-5-12-15(9-8-13-16(12)27-22-17(13)18(19,20)21)26-14-7-4-6-11(14)10-25-28(2,23)24;7-3-1-2-5-4(8)6-3;2-1-4-3;;;/h7-8,12,15H,2-6,9-11H2,1H3,(H,25,29);8-9,11,14H,3-7,10H2,1-2H3;1-2H2,(H2,5,6,7,8);1,3H;;;/q;;;;2*+1;-1/p-1/t12-,15?;11-,14?;;;;;/m11...../s1. The molecular weight excluding hydrogens is 1250 g/mol. The molecule has 2 aromatic carbocycles. The van der Waals surface area contributed by atoms with Crippen molar-refractivity contribution >= 4 is 62.4 Å². The molecule has 4 aliphatic rings. The predicted octanol–water partition coefficient (Wildman–Crippen LogP) is 0.382. The zero-order chi connectivity index (χ0) is 52.1. The number of carbonyl (C=O) groups is 5. The number of ether oxygens (including phenoxy) is 2. The van der Waals surface area contributed by atoms with E-state index in [1.165, 1.54) is 29.2 Å². The number of nitrogens with zero attached hydrogens (tertiary/aromatic N) is 3. The minimum absolute atomic E-state index is 0. The number of fused-ring (bicyclic) bond motifs is 2. The van der Waals surface area contributed by atoms with Crippen LogP contribution in [0.5, 0.6) is 11.5 Å². The number of urea groups is 2. The summed E-state index contributed by atoms with van der Waals surface area (Å²) in [5.74, 6) is 0.345. The largest absolute Gasteiger partial charge is 1.00 e. The van der Waals surface area contributed by atoms with Crippen molar-refractivity contribution in [3.05, 3.63) is 46.8 Å². The van der Waals surface area contributed by atoms with Gasteiger partial charge in [-0.05, 0) is 75.6 Å². The number of aryl methyl sites for hydroxylation is 2. The van der Waals surface area contributed by atoms with Gasteiger partial charge in [0, 0.05) is 55.4 Å². The fraction of sp³-hybridized carbons (Fsp3) is 0.568. The van der Waals surface area contributed by atoms with Gasteiger partial charge in [0.15, 0.2) is 22.6 Å². The topological polar surface area (TPSA) is 271 Å². The van der Waals surface area contributed by atoms with Gasteiger partial charge in [-0.2, -0.15) is 34.8 Å². The summed E-state index contributed by atoms with van der Waals surface area (Å²) in [4.78, 5) is 57.2. The van der Waals surface area contributed by atoms with Crippen LogP contribution in [0, 0.1) is 11.8 Å². The van der Waals surface area contributed by atoms with E-state index in [0.29, 0.717) is 74.2 Å². The summed E-state index contributed by atoms with van der Waals surface area (Å²) in [6.45, 7) is 4.74. The van der Waals surface area contributed by atoms with Crippen LogP contribution in [-0.4, -0.2) is 98.7 Å². The molecule has 0 spiro atoms. The molecule has 73 heavy (non-hydrogen) atoms. The number of halogens is 6. The van der Waals surface area contributed by atoms with Crippen LogP contribution in [0.3, 0.4) is 0 Å². The van der Waals surface area contributed by atoms with Gasteiger partial charge in [-0.3, -0.25) is 28.8 Å². The zero-order valence-corrected chi connectivity index (χ0v) is 54.1. The minimum Gasteiger partial charge on any atom is -1.00 e. The Balaban J connectivity index is 0.000000402. The third-order valence-electron chi connectivity index (χ3n) is 11.7. The Morgan fingerprint density at radius 3 is 1.67 bits per heavy atom. The summed E-state index contributed by atoms with van der Waals surface area (Å²) < 4.78 is 129. The first-order chi connectivity index (χ1) is 33.6. The maximum Gasteiger partial charge on any atom is 1.00 e. The van der Waals surface area contributed by atoms with Crippen LogP contribution in [0.1, 0.15) is 102 Å². The SMILES string of the molecule is CCCc1c(OC2CCC[C@@H]2CN2C(=O)CCNC2=O)ccc2c(C(F)(F)F)noc12.CCCc1c(OC2CCC[C@@H]2COS(C)(=O)=O)ccc2c(C(F)(F)F)noc12.O=C1CCNC(=O)N1.O=CO[O-].[Cs+].[Cs+].[H-]. The first kappa shape index (κ1) is 65.2. The van der Waals surface area contributed by atoms with E-state index in [1.54, 1.807) is 0 Å². The molecule has 2 unspecified atom stereocenters. The first-order valence-corrected chi connectivity index (χ1v) is 24.4. The summed E-state index contributed by atoms with van der Waals surface area (Å²) in [5, 5.41) is 21.9. The molecule has 29 heteroatoms. The fourth-order valence-electron chi connectivity index (χ4n) is 8.50. The van der Waals surface area contributed by atoms with Gasteiger partial charge >= 0.3 is 162 Å². The van der Waals surface area contributed by atoms with Crippen LogP contribution in [0.15, 0.2) is 33.3 Å². The summed E-state index contributed by atoms with van der Waals surface area (Å²) >= 11 is 0. The van der Waals surface area contributed by atoms with Crippen molar-refractivity contribution in [3.63, 3.8) is 0 Å². The second kappa shape index (κ2) is 30.1. The molecule has 4 aromatic rings. The van der Waals surface area contributed by atoms with Gasteiger partial charge in [0.1, 0.15) is 23.7 Å². The van der Waals surface area contributed by atoms with Gasteiger partial charge in [-0.25, -0.2) is 9.59 Å². The van der Waals surface area contributed by atoms with E-state index in [2.05, 4.69) is 31.2 Å². The average molecular weight is 1300 g/mol. The van der Waals surface area contributed by atoms with Crippen molar-refractivity contribution in [1.82, 2.24) is 31.2 Å². The number of hydrogen-bond donors (Lipinski definition) is 3. The minimum atomic E-state index is -4.60. The Bertz CT molecular complexity index is 2600. The number of alkyl halides is 6. The maximum absolute atomic E-state index is 13.2. The number of benzene rings is 2. The zero-order valence-electron chi connectivity index (χ0n) is 41.7. The van der Waals surface area contributed by atoms with Crippen molar-refractivity contribution in [2.75, 3.05) is 32.5 Å². The molecule has 4 heterocycles. The summed E-state index contributed by atoms with van der Waals surface area (Å²) in [6.07, 6.45) is -1.01. The molecule has 2 aliphatic carbocycles. The summed E-state index contributed by atoms with van der Waals surface area (Å²) in [5.41, 5.74) is -0.829. The first-order valence-electron chi connectivity index (χ1n) is 22.6. The van der Waals surface area contributed by atoms with Gasteiger partial charge in [-0.1, -0.05) is 37.0 Å². The molecule has 394 valence electrons. The van der Waals surface area contributed by atoms with E-state index in [4.69, 9.17) is 32.8 Å². The Hall–Kier alpha value is -2.12. The van der Waals surface area contributed by atoms with Crippen LogP contribution in [-0.2, 0) is 58.8 Å². The van der Waals surface area contributed by atoms with Gasteiger partial charge < -0.3 is 40.7 Å². The number of rotatable bonds is 14. The second-order valence-electron chi connectivity index (χ2n) is 16.8. The van der Waals surface area contributed by atoms with Crippen LogP contribution in [0.2, 0.25) is 0 Å². The second-order valence-corrected chi connectivity index (χ2v) is 18.5. The molecule has 3 N–H and O–H groups in total. The van der Waals surface area contributed by atoms with Crippen molar-refractivity contribution < 1.29 is 231 Å². The smallest absolute Gasteiger partial charge is 1.00 e. The van der Waals surface area contributed by atoms with Gasteiger partial charge in [-0.15, -0.1) is 0 Å². The summed E-state index contributed by atoms with van der Waals surface area (Å²) in [6, 6.07) is 4.90. The van der Waals surface area contributed by atoms with Gasteiger partial charge in [0.2, 0.25) is 11.8 Å². The maximum atomic E-state index is 13.2. The van der Waals surface area contributed by atoms with Gasteiger partial charge in [0.05, 0.1) is 23.6 Å². The molecule has 20 nitrogen and oxygen atoms in total. The molecule has 4 fully saturated rings. The van der Waals surface area contributed by atoms with Crippen LogP contribution in [0.25, 0.3) is 21.9 Å². The van der Waals surface area contributed by atoms with E-state index < -0.39 is 39.9 Å². The van der Waals surface area contributed by atoms with E-state index in [0.717, 1.165) is 38.4 Å². The molecule has 4 atom stereocenters. The number of amides is 6. The Kier molecular flexibility index (Phi) is 26.9. The van der Waals surface area contributed by atoms with Crippen molar-refractivity contribution in [3.8, 4) is 11.5 Å². The molecule has 6 amide bonds. The van der Waals surface area contributed by atoms with E-state index in [9.17, 15) is 53.9 Å². The molecule has 2 aromatic heterocycles. The van der Waals surface area contributed by atoms with E-state index in [1.807, 2.05) is 13.8 Å². The monoisotopic (exact) mass is 1300 g/mol. The molecule has 2 aliphatic heterocycles. The molecule has 0 bridgehead atoms. The van der Waals surface area contributed by atoms with Crippen LogP contribution in [0.4, 0.5) is 35.9 Å². The fourth-order valence-corrected chi connectivity index (χ4v) is 8.92. The third-order valence-corrected chi connectivity index (χ3v) is 12.2. The molecule has 0 radical (unpaired) electrons. The third kappa shape index (κ3) is 18.8. The summed E-state index contributed by atoms with van der Waals surface area (Å²) in [7, 11) is -3.55. The van der Waals surface area contributed by atoms with Gasteiger partial charge in [0.25, 0.3) is 16.6 Å². The quantitative estimate of drug-likeness (QED) is 0.0507. The Labute approximate surface area is 534 Å². The van der Waals surface area contributed by atoms with E-state index >= 15 is 0 Å². The Morgan fingerprint density at radius 1 is 0.781 bits per heavy atom. The number of nitrogens with one attached hydrogen (secondary N) is 3. The Morgan fingerprint density at radius 2 is 1.26 bits per heavy atom. The molecule has 8 rings (SSSR count). The molecule has 2 saturated heterocycles. The van der Waals surface area contributed by atoms with Crippen LogP contribution < -0.4 is 168 Å². The average Bonchev–Trinajstić information content (AvgIpc) is 4.13. The van der Waals surface area contributed by atoms with Crippen molar-refractivity contribution in [1.29, 1.82) is 0 Å². The van der Waals surface area contributed by atoms with Crippen molar-refractivity contribution in [2.45, 2.75) is 115 Å². The van der Waals surface area contributed by atoms with Crippen LogP contribution >= 0.6 is 0 Å².